The van der Waals surface area contributed by atoms with E-state index in [1.54, 1.807) is 0 Å². The lowest BCUT2D eigenvalue weighted by atomic mass is 9.81. The summed E-state index contributed by atoms with van der Waals surface area (Å²) >= 11 is 0. The molecule has 1 saturated carbocycles. The number of carbonyl (C=O) groups is 2. The molecule has 0 aromatic heterocycles. The van der Waals surface area contributed by atoms with E-state index in [0.717, 1.165) is 42.3 Å². The van der Waals surface area contributed by atoms with E-state index in [9.17, 15) is 14.7 Å². The molecule has 2 fully saturated rings. The molecule has 2 aliphatic rings. The van der Waals surface area contributed by atoms with E-state index in [-0.39, 0.29) is 11.8 Å². The van der Waals surface area contributed by atoms with Crippen LogP contribution in [0.5, 0.6) is 0 Å². The first kappa shape index (κ1) is 17.0. The van der Waals surface area contributed by atoms with Gasteiger partial charge in [0.15, 0.2) is 0 Å². The predicted molar refractivity (Wildman–Crippen MR) is 101 cm³/mol. The first-order chi connectivity index (χ1) is 12.6. The second kappa shape index (κ2) is 6.72. The van der Waals surface area contributed by atoms with Gasteiger partial charge in [-0.2, -0.15) is 0 Å². The van der Waals surface area contributed by atoms with Gasteiger partial charge < -0.3 is 15.3 Å². The molecule has 2 atom stereocenters. The zero-order chi connectivity index (χ0) is 18.1. The number of nitrogens with zero attached hydrogens (tertiary/aromatic N) is 1. The van der Waals surface area contributed by atoms with E-state index >= 15 is 0 Å². The summed E-state index contributed by atoms with van der Waals surface area (Å²) in [4.78, 5) is 26.3. The molecule has 4 rings (SSSR count). The monoisotopic (exact) mass is 352 g/mol. The number of carboxylic acid groups (broad SMARTS) is 1. The molecule has 2 N–H and O–H groups in total. The van der Waals surface area contributed by atoms with Crippen molar-refractivity contribution in [2.45, 2.75) is 25.7 Å². The van der Waals surface area contributed by atoms with Gasteiger partial charge in [-0.05, 0) is 30.2 Å². The first-order valence-electron chi connectivity index (χ1n) is 9.32. The van der Waals surface area contributed by atoms with Crippen molar-refractivity contribution in [1.29, 1.82) is 0 Å². The van der Waals surface area contributed by atoms with Crippen LogP contribution in [0, 0.1) is 11.3 Å². The Hall–Kier alpha value is -2.40. The lowest BCUT2D eigenvalue weighted by Gasteiger charge is -2.23. The first-order valence-corrected chi connectivity index (χ1v) is 9.32. The van der Waals surface area contributed by atoms with Crippen molar-refractivity contribution < 1.29 is 14.7 Å². The average molecular weight is 352 g/mol. The number of carboxylic acids is 1. The number of hydrogen-bond donors (Lipinski definition) is 2. The van der Waals surface area contributed by atoms with Gasteiger partial charge in [0, 0.05) is 37.1 Å². The summed E-state index contributed by atoms with van der Waals surface area (Å²) < 4.78 is 0. The van der Waals surface area contributed by atoms with Gasteiger partial charge in [-0.1, -0.05) is 42.8 Å². The number of fused-ring (bicyclic) bond motifs is 2. The van der Waals surface area contributed by atoms with Crippen LogP contribution in [0.2, 0.25) is 0 Å². The normalized spacial score (nSPS) is 25.3. The summed E-state index contributed by atoms with van der Waals surface area (Å²) in [5.41, 5.74) is 0.250. The maximum Gasteiger partial charge on any atom is 0.311 e. The zero-order valence-electron chi connectivity index (χ0n) is 14.8. The summed E-state index contributed by atoms with van der Waals surface area (Å²) in [5.74, 6) is -0.452. The number of rotatable bonds is 5. The van der Waals surface area contributed by atoms with Gasteiger partial charge in [-0.3, -0.25) is 9.59 Å². The fraction of sp³-hybridized carbons (Fsp3) is 0.429. The molecule has 0 bridgehead atoms. The molecular formula is C21H24N2O3. The Bertz CT molecular complexity index is 845. The molecule has 0 unspecified atom stereocenters. The molecule has 2 aromatic rings. The van der Waals surface area contributed by atoms with Crippen LogP contribution in [0.3, 0.4) is 0 Å². The Kier molecular flexibility index (Phi) is 4.41. The van der Waals surface area contributed by atoms with E-state index in [4.69, 9.17) is 0 Å². The van der Waals surface area contributed by atoms with Gasteiger partial charge in [0.1, 0.15) is 0 Å². The number of nitrogens with one attached hydrogen (secondary N) is 1. The van der Waals surface area contributed by atoms with E-state index in [1.807, 2.05) is 42.5 Å². The largest absolute Gasteiger partial charge is 0.481 e. The fourth-order valence-electron chi connectivity index (χ4n) is 4.72. The lowest BCUT2D eigenvalue weighted by molar-refractivity contribution is -0.149. The molecule has 5 heteroatoms. The number of carbonyl (C=O) groups excluding carboxylic acids is 1. The van der Waals surface area contributed by atoms with Crippen LogP contribution in [-0.2, 0) is 9.59 Å². The van der Waals surface area contributed by atoms with Crippen molar-refractivity contribution >= 4 is 28.3 Å². The number of aliphatic carboxylic acids is 1. The van der Waals surface area contributed by atoms with Crippen molar-refractivity contribution in [2.24, 2.45) is 11.3 Å². The van der Waals surface area contributed by atoms with Gasteiger partial charge in [0.05, 0.1) is 5.41 Å². The molecule has 1 aliphatic heterocycles. The standard InChI is InChI=1S/C21H24N2O3/c24-19(22-18-9-3-6-15-5-1-2-8-17(15)18)10-12-23-13-16-7-4-11-21(16,14-23)20(25)26/h1-3,5-6,8-9,16H,4,7,10-14H2,(H,22,24)(H,25,26)/t16-,21+/m0/s1. The number of benzene rings is 2. The van der Waals surface area contributed by atoms with Gasteiger partial charge in [0.25, 0.3) is 0 Å². The molecule has 0 spiro atoms. The van der Waals surface area contributed by atoms with E-state index < -0.39 is 11.4 Å². The smallest absolute Gasteiger partial charge is 0.311 e. The van der Waals surface area contributed by atoms with Crippen LogP contribution in [0.1, 0.15) is 25.7 Å². The topological polar surface area (TPSA) is 69.6 Å². The van der Waals surface area contributed by atoms with E-state index in [0.29, 0.717) is 19.5 Å². The molecule has 0 radical (unpaired) electrons. The molecule has 5 nitrogen and oxygen atoms in total. The highest BCUT2D eigenvalue weighted by atomic mass is 16.4. The van der Waals surface area contributed by atoms with Crippen molar-refractivity contribution in [3.05, 3.63) is 42.5 Å². The number of anilines is 1. The highest BCUT2D eigenvalue weighted by molar-refractivity contribution is 6.02. The molecule has 2 aromatic carbocycles. The van der Waals surface area contributed by atoms with Gasteiger partial charge in [0.2, 0.25) is 5.91 Å². The lowest BCUT2D eigenvalue weighted by Crippen LogP contribution is -2.36. The summed E-state index contributed by atoms with van der Waals surface area (Å²) in [6, 6.07) is 13.9. The molecule has 1 heterocycles. The van der Waals surface area contributed by atoms with Crippen LogP contribution in [0.25, 0.3) is 10.8 Å². The Balaban J connectivity index is 1.37. The minimum atomic E-state index is -0.664. The maximum absolute atomic E-state index is 12.4. The Morgan fingerprint density at radius 2 is 2.00 bits per heavy atom. The minimum absolute atomic E-state index is 0.0252. The molecule has 1 aliphatic carbocycles. The molecule has 1 saturated heterocycles. The summed E-state index contributed by atoms with van der Waals surface area (Å²) in [5, 5.41) is 14.8. The zero-order valence-corrected chi connectivity index (χ0v) is 14.8. The third-order valence-corrected chi connectivity index (χ3v) is 6.09. The number of amides is 1. The quantitative estimate of drug-likeness (QED) is 0.866. The fourth-order valence-corrected chi connectivity index (χ4v) is 4.72. The Morgan fingerprint density at radius 3 is 2.81 bits per heavy atom. The van der Waals surface area contributed by atoms with Crippen molar-refractivity contribution in [2.75, 3.05) is 25.0 Å². The number of hydrogen-bond acceptors (Lipinski definition) is 3. The third-order valence-electron chi connectivity index (χ3n) is 6.09. The van der Waals surface area contributed by atoms with Crippen LogP contribution < -0.4 is 5.32 Å². The maximum atomic E-state index is 12.4. The molecule has 26 heavy (non-hydrogen) atoms. The minimum Gasteiger partial charge on any atom is -0.481 e. The van der Waals surface area contributed by atoms with Gasteiger partial charge in [-0.15, -0.1) is 0 Å². The third kappa shape index (κ3) is 2.97. The Labute approximate surface area is 153 Å². The highest BCUT2D eigenvalue weighted by Crippen LogP contribution is 2.48. The van der Waals surface area contributed by atoms with Crippen LogP contribution >= 0.6 is 0 Å². The van der Waals surface area contributed by atoms with Crippen LogP contribution in [-0.4, -0.2) is 41.5 Å². The highest BCUT2D eigenvalue weighted by Gasteiger charge is 2.54. The van der Waals surface area contributed by atoms with Crippen molar-refractivity contribution in [1.82, 2.24) is 4.90 Å². The number of likely N-dealkylation sites (tertiary alicyclic amines) is 1. The van der Waals surface area contributed by atoms with Crippen molar-refractivity contribution in [3.63, 3.8) is 0 Å². The van der Waals surface area contributed by atoms with E-state index in [1.165, 1.54) is 0 Å². The Morgan fingerprint density at radius 1 is 1.19 bits per heavy atom. The SMILES string of the molecule is O=C(CCN1C[C@@H]2CCC[C@@]2(C(=O)O)C1)Nc1cccc2ccccc12. The molecule has 136 valence electrons. The summed E-state index contributed by atoms with van der Waals surface area (Å²) in [6.45, 7) is 1.99. The van der Waals surface area contributed by atoms with Crippen molar-refractivity contribution in [3.8, 4) is 0 Å². The van der Waals surface area contributed by atoms with Gasteiger partial charge in [-0.25, -0.2) is 0 Å². The second-order valence-corrected chi connectivity index (χ2v) is 7.61. The van der Waals surface area contributed by atoms with Crippen LogP contribution in [0.4, 0.5) is 5.69 Å². The van der Waals surface area contributed by atoms with Gasteiger partial charge >= 0.3 is 5.97 Å². The average Bonchev–Trinajstić information content (AvgIpc) is 3.18. The summed E-state index contributed by atoms with van der Waals surface area (Å²) in [6.07, 6.45) is 3.15. The van der Waals surface area contributed by atoms with Crippen LogP contribution in [0.15, 0.2) is 42.5 Å². The predicted octanol–water partition coefficient (Wildman–Crippen LogP) is 3.36. The molecule has 1 amide bonds. The summed E-state index contributed by atoms with van der Waals surface area (Å²) in [7, 11) is 0. The second-order valence-electron chi connectivity index (χ2n) is 7.61. The molecular weight excluding hydrogens is 328 g/mol. The van der Waals surface area contributed by atoms with E-state index in [2.05, 4.69) is 10.2 Å².